The van der Waals surface area contributed by atoms with Crippen molar-refractivity contribution >= 4 is 28.8 Å². The molecule has 3 aromatic carbocycles. The summed E-state index contributed by atoms with van der Waals surface area (Å²) in [6.45, 7) is 3.98. The maximum atomic E-state index is 13.5. The zero-order chi connectivity index (χ0) is 21.3. The molecule has 1 aliphatic heterocycles. The smallest absolute Gasteiger partial charge is 0.282 e. The van der Waals surface area contributed by atoms with Crippen molar-refractivity contribution < 1.29 is 14.3 Å². The molecule has 0 bridgehead atoms. The molecule has 150 valence electrons. The number of aryl methyl sites for hydroxylation is 2. The van der Waals surface area contributed by atoms with Crippen LogP contribution in [0.5, 0.6) is 5.75 Å². The number of ether oxygens (including phenoxy) is 1. The fourth-order valence-corrected chi connectivity index (χ4v) is 3.65. The largest absolute Gasteiger partial charge is 0.496 e. The minimum Gasteiger partial charge on any atom is -0.496 e. The molecule has 0 spiro atoms. The van der Waals surface area contributed by atoms with E-state index in [1.807, 2.05) is 50.2 Å². The molecule has 4 rings (SSSR count). The molecule has 5 heteroatoms. The fourth-order valence-electron chi connectivity index (χ4n) is 3.65. The van der Waals surface area contributed by atoms with E-state index in [-0.39, 0.29) is 11.6 Å². The van der Waals surface area contributed by atoms with Crippen LogP contribution in [0, 0.1) is 13.8 Å². The molecule has 0 unspecified atom stereocenters. The van der Waals surface area contributed by atoms with E-state index in [1.165, 1.54) is 4.90 Å². The number of hydrogen-bond acceptors (Lipinski definition) is 4. The lowest BCUT2D eigenvalue weighted by Gasteiger charge is -2.15. The number of amides is 2. The van der Waals surface area contributed by atoms with Crippen LogP contribution < -0.4 is 15.0 Å². The molecular weight excluding hydrogens is 376 g/mol. The van der Waals surface area contributed by atoms with Gasteiger partial charge in [-0.3, -0.25) is 9.59 Å². The Labute approximate surface area is 175 Å². The summed E-state index contributed by atoms with van der Waals surface area (Å²) in [5.41, 5.74) is 4.51. The van der Waals surface area contributed by atoms with E-state index < -0.39 is 5.91 Å². The van der Waals surface area contributed by atoms with Crippen LogP contribution >= 0.6 is 0 Å². The molecule has 5 nitrogen and oxygen atoms in total. The van der Waals surface area contributed by atoms with Gasteiger partial charge in [0.1, 0.15) is 11.4 Å². The van der Waals surface area contributed by atoms with Gasteiger partial charge < -0.3 is 10.1 Å². The Balaban J connectivity index is 1.88. The van der Waals surface area contributed by atoms with Crippen LogP contribution in [0.3, 0.4) is 0 Å². The number of carbonyl (C=O) groups is 2. The predicted octanol–water partition coefficient (Wildman–Crippen LogP) is 4.71. The fraction of sp³-hybridized carbons (Fsp3) is 0.120. The average molecular weight is 398 g/mol. The summed E-state index contributed by atoms with van der Waals surface area (Å²) in [4.78, 5) is 28.1. The number of imide groups is 1. The molecule has 0 saturated heterocycles. The van der Waals surface area contributed by atoms with Crippen molar-refractivity contribution in [3.63, 3.8) is 0 Å². The van der Waals surface area contributed by atoms with Crippen LogP contribution in [0.25, 0.3) is 5.57 Å². The second kappa shape index (κ2) is 7.87. The van der Waals surface area contributed by atoms with Gasteiger partial charge in [-0.25, -0.2) is 4.90 Å². The monoisotopic (exact) mass is 398 g/mol. The van der Waals surface area contributed by atoms with E-state index in [4.69, 9.17) is 4.74 Å². The molecule has 0 saturated carbocycles. The van der Waals surface area contributed by atoms with Gasteiger partial charge in [0, 0.05) is 11.3 Å². The first-order valence-corrected chi connectivity index (χ1v) is 9.67. The topological polar surface area (TPSA) is 58.6 Å². The van der Waals surface area contributed by atoms with E-state index in [0.717, 1.165) is 16.8 Å². The molecule has 1 N–H and O–H groups in total. The zero-order valence-electron chi connectivity index (χ0n) is 17.1. The predicted molar refractivity (Wildman–Crippen MR) is 118 cm³/mol. The summed E-state index contributed by atoms with van der Waals surface area (Å²) < 4.78 is 5.48. The Hall–Kier alpha value is -3.86. The molecule has 0 radical (unpaired) electrons. The summed E-state index contributed by atoms with van der Waals surface area (Å²) in [5, 5.41) is 3.23. The van der Waals surface area contributed by atoms with Gasteiger partial charge in [0.05, 0.1) is 18.4 Å². The highest BCUT2D eigenvalue weighted by Crippen LogP contribution is 2.37. The number of hydrogen-bond donors (Lipinski definition) is 1. The van der Waals surface area contributed by atoms with E-state index >= 15 is 0 Å². The van der Waals surface area contributed by atoms with Gasteiger partial charge in [0.25, 0.3) is 11.8 Å². The standard InChI is InChI=1S/C25H22N2O3/c1-16-13-14-20(17(2)15-16)26-23-22(19-11-7-8-12-21(19)30-3)24(28)27(25(23)29)18-9-5-4-6-10-18/h4-15,26H,1-3H3. The molecule has 1 heterocycles. The quantitative estimate of drug-likeness (QED) is 0.633. The summed E-state index contributed by atoms with van der Waals surface area (Å²) in [6.07, 6.45) is 0. The summed E-state index contributed by atoms with van der Waals surface area (Å²) >= 11 is 0. The van der Waals surface area contributed by atoms with E-state index in [2.05, 4.69) is 5.32 Å². The van der Waals surface area contributed by atoms with E-state index in [9.17, 15) is 9.59 Å². The zero-order valence-corrected chi connectivity index (χ0v) is 17.1. The number of nitrogens with zero attached hydrogens (tertiary/aromatic N) is 1. The minimum absolute atomic E-state index is 0.236. The normalized spacial score (nSPS) is 13.8. The van der Waals surface area contributed by atoms with Gasteiger partial charge >= 0.3 is 0 Å². The minimum atomic E-state index is -0.396. The van der Waals surface area contributed by atoms with Crippen molar-refractivity contribution in [2.24, 2.45) is 0 Å². The summed E-state index contributed by atoms with van der Waals surface area (Å²) in [6, 6.07) is 22.1. The van der Waals surface area contributed by atoms with Crippen LogP contribution in [-0.2, 0) is 9.59 Å². The number of benzene rings is 3. The number of anilines is 2. The molecule has 2 amide bonds. The Morgan fingerprint density at radius 3 is 2.23 bits per heavy atom. The molecule has 0 aromatic heterocycles. The van der Waals surface area contributed by atoms with Crippen LogP contribution in [0.15, 0.2) is 78.5 Å². The molecular formula is C25H22N2O3. The second-order valence-corrected chi connectivity index (χ2v) is 7.17. The highest BCUT2D eigenvalue weighted by atomic mass is 16.5. The Kier molecular flexibility index (Phi) is 5.11. The van der Waals surface area contributed by atoms with Gasteiger partial charge in [0.15, 0.2) is 0 Å². The molecule has 30 heavy (non-hydrogen) atoms. The van der Waals surface area contributed by atoms with Gasteiger partial charge in [-0.2, -0.15) is 0 Å². The number of carbonyl (C=O) groups excluding carboxylic acids is 2. The second-order valence-electron chi connectivity index (χ2n) is 7.17. The van der Waals surface area contributed by atoms with E-state index in [1.54, 1.807) is 43.5 Å². The van der Waals surface area contributed by atoms with Gasteiger partial charge in [-0.15, -0.1) is 0 Å². The lowest BCUT2D eigenvalue weighted by atomic mass is 10.0. The Bertz CT molecular complexity index is 1170. The number of nitrogens with one attached hydrogen (secondary N) is 1. The maximum Gasteiger partial charge on any atom is 0.282 e. The van der Waals surface area contributed by atoms with Crippen molar-refractivity contribution in [1.29, 1.82) is 0 Å². The van der Waals surface area contributed by atoms with Crippen molar-refractivity contribution in [3.05, 3.63) is 95.2 Å². The highest BCUT2D eigenvalue weighted by molar-refractivity contribution is 6.46. The Morgan fingerprint density at radius 2 is 1.53 bits per heavy atom. The highest BCUT2D eigenvalue weighted by Gasteiger charge is 2.41. The lowest BCUT2D eigenvalue weighted by Crippen LogP contribution is -2.32. The third kappa shape index (κ3) is 3.35. The maximum absolute atomic E-state index is 13.5. The van der Waals surface area contributed by atoms with Crippen molar-refractivity contribution in [3.8, 4) is 5.75 Å². The third-order valence-corrected chi connectivity index (χ3v) is 5.12. The molecule has 0 atom stereocenters. The molecule has 0 fully saturated rings. The van der Waals surface area contributed by atoms with Crippen LogP contribution in [0.4, 0.5) is 11.4 Å². The first-order chi connectivity index (χ1) is 14.5. The van der Waals surface area contributed by atoms with Crippen molar-refractivity contribution in [1.82, 2.24) is 0 Å². The van der Waals surface area contributed by atoms with Crippen molar-refractivity contribution in [2.75, 3.05) is 17.3 Å². The lowest BCUT2D eigenvalue weighted by molar-refractivity contribution is -0.120. The number of methoxy groups -OCH3 is 1. The van der Waals surface area contributed by atoms with E-state index in [0.29, 0.717) is 22.6 Å². The van der Waals surface area contributed by atoms with Gasteiger partial charge in [-0.05, 0) is 43.7 Å². The van der Waals surface area contributed by atoms with Gasteiger partial charge in [0.2, 0.25) is 0 Å². The van der Waals surface area contributed by atoms with Gasteiger partial charge in [-0.1, -0.05) is 54.1 Å². The Morgan fingerprint density at radius 1 is 0.833 bits per heavy atom. The molecule has 0 aliphatic carbocycles. The average Bonchev–Trinajstić information content (AvgIpc) is 3.00. The first-order valence-electron chi connectivity index (χ1n) is 9.67. The van der Waals surface area contributed by atoms with Crippen molar-refractivity contribution in [2.45, 2.75) is 13.8 Å². The van der Waals surface area contributed by atoms with Crippen LogP contribution in [-0.4, -0.2) is 18.9 Å². The third-order valence-electron chi connectivity index (χ3n) is 5.12. The first kappa shape index (κ1) is 19.5. The summed E-state index contributed by atoms with van der Waals surface area (Å²) in [5.74, 6) is -0.251. The SMILES string of the molecule is COc1ccccc1C1=C(Nc2ccc(C)cc2C)C(=O)N(c2ccccc2)C1=O. The van der Waals surface area contributed by atoms with Crippen LogP contribution in [0.1, 0.15) is 16.7 Å². The summed E-state index contributed by atoms with van der Waals surface area (Å²) in [7, 11) is 1.55. The number of rotatable bonds is 5. The molecule has 3 aromatic rings. The molecule has 1 aliphatic rings. The van der Waals surface area contributed by atoms with Crippen LogP contribution in [0.2, 0.25) is 0 Å². The number of para-hydroxylation sites is 2.